The maximum atomic E-state index is 13.2. The van der Waals surface area contributed by atoms with E-state index in [-0.39, 0.29) is 17.7 Å². The van der Waals surface area contributed by atoms with Crippen molar-refractivity contribution < 1.29 is 9.59 Å². The molecule has 6 nitrogen and oxygen atoms in total. The highest BCUT2D eigenvalue weighted by Crippen LogP contribution is 2.24. The van der Waals surface area contributed by atoms with E-state index in [9.17, 15) is 9.59 Å². The van der Waals surface area contributed by atoms with Gasteiger partial charge in [0.2, 0.25) is 5.91 Å². The molecule has 160 valence electrons. The summed E-state index contributed by atoms with van der Waals surface area (Å²) in [6.45, 7) is 5.90. The molecule has 3 aromatic rings. The number of benzene rings is 2. The van der Waals surface area contributed by atoms with E-state index in [4.69, 9.17) is 0 Å². The van der Waals surface area contributed by atoms with Crippen LogP contribution in [0.15, 0.2) is 54.6 Å². The summed E-state index contributed by atoms with van der Waals surface area (Å²) < 4.78 is 3.90. The Morgan fingerprint density at radius 1 is 1.10 bits per heavy atom. The minimum atomic E-state index is -0.279. The molecular formula is C24H26N4O2S. The molecule has 0 saturated carbocycles. The van der Waals surface area contributed by atoms with Crippen molar-refractivity contribution >= 4 is 23.3 Å². The zero-order chi connectivity index (χ0) is 21.8. The molecule has 0 unspecified atom stereocenters. The summed E-state index contributed by atoms with van der Waals surface area (Å²) in [5.41, 5.74) is 4.02. The Kier molecular flexibility index (Phi) is 6.42. The predicted octanol–water partition coefficient (Wildman–Crippen LogP) is 3.68. The maximum Gasteiger partial charge on any atom is 0.267 e. The Morgan fingerprint density at radius 3 is 2.58 bits per heavy atom. The summed E-state index contributed by atoms with van der Waals surface area (Å²) in [5.74, 6) is -0.248. The third kappa shape index (κ3) is 4.66. The molecule has 1 saturated heterocycles. The second-order valence-corrected chi connectivity index (χ2v) is 8.58. The van der Waals surface area contributed by atoms with E-state index in [1.165, 1.54) is 0 Å². The number of rotatable bonds is 5. The van der Waals surface area contributed by atoms with Crippen LogP contribution in [0.2, 0.25) is 0 Å². The third-order valence-electron chi connectivity index (χ3n) is 5.77. The zero-order valence-corrected chi connectivity index (χ0v) is 18.6. The first-order valence-corrected chi connectivity index (χ1v) is 11.4. The molecule has 0 bridgehead atoms. The first-order chi connectivity index (χ1) is 15.1. The lowest BCUT2D eigenvalue weighted by Crippen LogP contribution is -2.37. The minimum Gasteiger partial charge on any atom is -0.341 e. The number of aryl methyl sites for hydroxylation is 1. The van der Waals surface area contributed by atoms with Gasteiger partial charge in [0.05, 0.1) is 11.6 Å². The summed E-state index contributed by atoms with van der Waals surface area (Å²) in [4.78, 5) is 30.5. The van der Waals surface area contributed by atoms with Crippen LogP contribution in [0.1, 0.15) is 27.9 Å². The molecule has 1 fully saturated rings. The van der Waals surface area contributed by atoms with E-state index in [0.717, 1.165) is 28.2 Å². The number of hydrogen-bond donors (Lipinski definition) is 0. The van der Waals surface area contributed by atoms with Crippen LogP contribution in [0, 0.1) is 12.8 Å². The van der Waals surface area contributed by atoms with Gasteiger partial charge in [0.1, 0.15) is 4.88 Å². The lowest BCUT2D eigenvalue weighted by Gasteiger charge is -2.23. The predicted molar refractivity (Wildman–Crippen MR) is 122 cm³/mol. The Hall–Kier alpha value is -3.06. The molecule has 2 heterocycles. The number of likely N-dealkylation sites (N-methyl/N-ethyl adjacent to an activating group) is 1. The quantitative estimate of drug-likeness (QED) is 0.614. The van der Waals surface area contributed by atoms with Crippen LogP contribution in [0.4, 0.5) is 0 Å². The van der Waals surface area contributed by atoms with Crippen LogP contribution >= 0.6 is 11.5 Å². The van der Waals surface area contributed by atoms with Gasteiger partial charge in [-0.25, -0.2) is 0 Å². The number of carbonyl (C=O) groups excluding carboxylic acids is 2. The summed E-state index contributed by atoms with van der Waals surface area (Å²) in [6.07, 6.45) is 0.597. The molecule has 0 spiro atoms. The maximum absolute atomic E-state index is 13.2. The smallest absolute Gasteiger partial charge is 0.267 e. The molecule has 0 aliphatic carbocycles. The Morgan fingerprint density at radius 2 is 1.87 bits per heavy atom. The average molecular weight is 435 g/mol. The van der Waals surface area contributed by atoms with E-state index in [2.05, 4.69) is 39.9 Å². The van der Waals surface area contributed by atoms with E-state index >= 15 is 0 Å². The number of nitrogens with zero attached hydrogens (tertiary/aromatic N) is 4. The molecule has 2 amide bonds. The van der Waals surface area contributed by atoms with E-state index in [1.54, 1.807) is 11.8 Å². The minimum absolute atomic E-state index is 0.0821. The Labute approximate surface area is 186 Å². The SMILES string of the molecule is CCN1CCN(C(=O)c2snnc2C)C[C@H](Cc2cccc(-c3ccccc3)c2)C1=O. The van der Waals surface area contributed by atoms with Crippen LogP contribution in [0.25, 0.3) is 11.1 Å². The molecule has 2 aromatic carbocycles. The van der Waals surface area contributed by atoms with E-state index in [1.807, 2.05) is 36.1 Å². The van der Waals surface area contributed by atoms with Crippen LogP contribution in [0.5, 0.6) is 0 Å². The summed E-state index contributed by atoms with van der Waals surface area (Å²) in [5, 5.41) is 3.97. The highest BCUT2D eigenvalue weighted by Gasteiger charge is 2.33. The van der Waals surface area contributed by atoms with Gasteiger partial charge in [-0.15, -0.1) is 5.10 Å². The van der Waals surface area contributed by atoms with Crippen molar-refractivity contribution in [3.05, 3.63) is 70.7 Å². The van der Waals surface area contributed by atoms with Crippen molar-refractivity contribution in [1.29, 1.82) is 0 Å². The Balaban J connectivity index is 1.58. The van der Waals surface area contributed by atoms with Gasteiger partial charge in [0, 0.05) is 26.2 Å². The second kappa shape index (κ2) is 9.39. The molecule has 4 rings (SSSR count). The molecular weight excluding hydrogens is 408 g/mol. The fraction of sp³-hybridized carbons (Fsp3) is 0.333. The first-order valence-electron chi connectivity index (χ1n) is 10.6. The molecule has 1 aliphatic heterocycles. The van der Waals surface area contributed by atoms with Crippen LogP contribution in [-0.4, -0.2) is 57.4 Å². The molecule has 0 radical (unpaired) electrons. The van der Waals surface area contributed by atoms with E-state index < -0.39 is 0 Å². The van der Waals surface area contributed by atoms with Gasteiger partial charge in [-0.2, -0.15) is 0 Å². The number of carbonyl (C=O) groups is 2. The monoisotopic (exact) mass is 434 g/mol. The fourth-order valence-electron chi connectivity index (χ4n) is 4.06. The lowest BCUT2D eigenvalue weighted by molar-refractivity contribution is -0.134. The normalized spacial score (nSPS) is 17.0. The third-order valence-corrected chi connectivity index (χ3v) is 6.59. The fourth-order valence-corrected chi connectivity index (χ4v) is 4.68. The van der Waals surface area contributed by atoms with Crippen molar-refractivity contribution in [2.24, 2.45) is 5.92 Å². The molecule has 7 heteroatoms. The standard InChI is InChI=1S/C24H26N4O2S/c1-3-27-12-13-28(24(30)22-17(2)25-26-31-22)16-21(23(27)29)15-18-8-7-11-20(14-18)19-9-5-4-6-10-19/h4-11,14,21H,3,12-13,15-16H2,1-2H3/t21-/m0/s1. The summed E-state index contributed by atoms with van der Waals surface area (Å²) in [6, 6.07) is 18.5. The average Bonchev–Trinajstić information content (AvgIpc) is 3.16. The van der Waals surface area contributed by atoms with Crippen molar-refractivity contribution in [3.8, 4) is 11.1 Å². The highest BCUT2D eigenvalue weighted by atomic mass is 32.1. The van der Waals surface area contributed by atoms with Crippen molar-refractivity contribution in [1.82, 2.24) is 19.4 Å². The molecule has 1 atom stereocenters. The van der Waals surface area contributed by atoms with Gasteiger partial charge in [-0.1, -0.05) is 59.1 Å². The van der Waals surface area contributed by atoms with Gasteiger partial charge in [-0.3, -0.25) is 9.59 Å². The number of aromatic nitrogens is 2. The largest absolute Gasteiger partial charge is 0.341 e. The van der Waals surface area contributed by atoms with Crippen molar-refractivity contribution in [3.63, 3.8) is 0 Å². The summed E-state index contributed by atoms with van der Waals surface area (Å²) in [7, 11) is 0. The summed E-state index contributed by atoms with van der Waals surface area (Å²) >= 11 is 1.12. The molecule has 0 N–H and O–H groups in total. The van der Waals surface area contributed by atoms with Crippen molar-refractivity contribution in [2.75, 3.05) is 26.2 Å². The molecule has 1 aliphatic rings. The second-order valence-electron chi connectivity index (χ2n) is 7.82. The molecule has 1 aromatic heterocycles. The first kappa shape index (κ1) is 21.2. The Bertz CT molecular complexity index is 1070. The van der Waals surface area contributed by atoms with Crippen LogP contribution < -0.4 is 0 Å². The van der Waals surface area contributed by atoms with E-state index in [0.29, 0.717) is 43.2 Å². The van der Waals surface area contributed by atoms with Gasteiger partial charge < -0.3 is 9.80 Å². The highest BCUT2D eigenvalue weighted by molar-refractivity contribution is 7.07. The topological polar surface area (TPSA) is 66.4 Å². The van der Waals surface area contributed by atoms with Crippen LogP contribution in [-0.2, 0) is 11.2 Å². The molecule has 31 heavy (non-hydrogen) atoms. The van der Waals surface area contributed by atoms with Gasteiger partial charge in [-0.05, 0) is 48.5 Å². The van der Waals surface area contributed by atoms with Gasteiger partial charge in [0.15, 0.2) is 0 Å². The van der Waals surface area contributed by atoms with Gasteiger partial charge in [0.25, 0.3) is 5.91 Å². The van der Waals surface area contributed by atoms with Crippen molar-refractivity contribution in [2.45, 2.75) is 20.3 Å². The number of amides is 2. The zero-order valence-electron chi connectivity index (χ0n) is 17.8. The van der Waals surface area contributed by atoms with Crippen LogP contribution in [0.3, 0.4) is 0 Å². The van der Waals surface area contributed by atoms with Gasteiger partial charge >= 0.3 is 0 Å². The number of hydrogen-bond acceptors (Lipinski definition) is 5. The lowest BCUT2D eigenvalue weighted by atomic mass is 9.94.